The van der Waals surface area contributed by atoms with E-state index in [2.05, 4.69) is 91.4 Å². The summed E-state index contributed by atoms with van der Waals surface area (Å²) in [5, 5.41) is 40.2. The fourth-order valence-electron chi connectivity index (χ4n) is 14.8. The molecule has 4 amide bonds. The molecule has 0 bridgehead atoms. The number of unbranched alkanes of at least 4 members (excludes halogenated alkanes) is 1. The van der Waals surface area contributed by atoms with Crippen molar-refractivity contribution in [3.8, 4) is 0 Å². The van der Waals surface area contributed by atoms with Crippen LogP contribution in [0.5, 0.6) is 0 Å². The van der Waals surface area contributed by atoms with Gasteiger partial charge in [-0.05, 0) is 166 Å². The lowest BCUT2D eigenvalue weighted by Gasteiger charge is -2.61. The van der Waals surface area contributed by atoms with Crippen molar-refractivity contribution in [3.63, 3.8) is 0 Å². The SMILES string of the molecule is CC(C)CCCC(C)C1CCC2C3CCC4CC(OC(=O)NCCN=C(N)CCCSSCCNCCOC(=O)NCCCCC(NC(=O)CCC(NC(=O)c5ccc(NCc6cnc7nc(N)[nH]c(=O)c7n6)cc5)C(=O)[O-])C(=O)[O-])CCC4(C)C3CCC12C. The first-order valence-corrected chi connectivity index (χ1v) is 35.1. The van der Waals surface area contributed by atoms with Gasteiger partial charge in [0.2, 0.25) is 11.9 Å². The van der Waals surface area contributed by atoms with Crippen molar-refractivity contribution in [3.05, 3.63) is 52.1 Å². The normalized spacial score (nSPS) is 23.9. The number of nitrogens with zero attached hydrogens (tertiary/aromatic N) is 4. The predicted molar refractivity (Wildman–Crippen MR) is 347 cm³/mol. The molecule has 498 valence electrons. The molecule has 24 nitrogen and oxygen atoms in total. The average Bonchev–Trinajstić information content (AvgIpc) is 1.35. The number of amides is 4. The van der Waals surface area contributed by atoms with Crippen LogP contribution in [-0.2, 0) is 30.4 Å². The van der Waals surface area contributed by atoms with Crippen LogP contribution < -0.4 is 59.1 Å². The molecule has 4 fully saturated rings. The third-order valence-electron chi connectivity index (χ3n) is 19.6. The molecule has 3 aromatic rings. The molecule has 90 heavy (non-hydrogen) atoms. The number of nitrogens with one attached hydrogen (secondary N) is 7. The third kappa shape index (κ3) is 20.8. The number of carbonyl (C=O) groups excluding carboxylic acids is 6. The maximum Gasteiger partial charge on any atom is 0.407 e. The van der Waals surface area contributed by atoms with Gasteiger partial charge in [0.05, 0.1) is 54.8 Å². The van der Waals surface area contributed by atoms with Gasteiger partial charge in [-0.25, -0.2) is 19.6 Å². The molecule has 4 aliphatic rings. The number of carboxylic acids is 2. The average molecular weight is 1290 g/mol. The number of hydrogen-bond donors (Lipinski definition) is 9. The van der Waals surface area contributed by atoms with E-state index in [-0.39, 0.29) is 67.4 Å². The number of nitrogen functional groups attached to an aromatic ring is 1. The minimum atomic E-state index is -1.64. The van der Waals surface area contributed by atoms with E-state index in [4.69, 9.17) is 20.9 Å². The quantitative estimate of drug-likeness (QED) is 0.0140. The zero-order valence-electron chi connectivity index (χ0n) is 53.2. The van der Waals surface area contributed by atoms with Gasteiger partial charge >= 0.3 is 12.2 Å². The fourth-order valence-corrected chi connectivity index (χ4v) is 16.9. The topological polar surface area (TPSA) is 375 Å². The summed E-state index contributed by atoms with van der Waals surface area (Å²) >= 11 is 0. The number of aromatic amines is 1. The molecule has 0 spiro atoms. The first kappa shape index (κ1) is 71.0. The molecule has 4 aliphatic carbocycles. The van der Waals surface area contributed by atoms with Gasteiger partial charge in [-0.15, -0.1) is 0 Å². The summed E-state index contributed by atoms with van der Waals surface area (Å²) in [6, 6.07) is 3.08. The number of amidine groups is 1. The molecular weight excluding hydrogens is 1190 g/mol. The number of aliphatic carboxylic acids is 2. The van der Waals surface area contributed by atoms with Crippen molar-refractivity contribution >= 4 is 86.2 Å². The molecule has 7 rings (SSSR count). The molecule has 0 radical (unpaired) electrons. The summed E-state index contributed by atoms with van der Waals surface area (Å²) in [6.45, 7) is 15.0. The Kier molecular flexibility index (Phi) is 27.5. The number of hydrogen-bond acceptors (Lipinski definition) is 20. The van der Waals surface area contributed by atoms with Crippen LogP contribution in [0.15, 0.2) is 40.2 Å². The molecule has 11 N–H and O–H groups in total. The largest absolute Gasteiger partial charge is 0.548 e. The monoisotopic (exact) mass is 1290 g/mol. The highest BCUT2D eigenvalue weighted by Crippen LogP contribution is 2.68. The lowest BCUT2D eigenvalue weighted by molar-refractivity contribution is -0.309. The molecular formula is C64H97N13O11S2-2. The van der Waals surface area contributed by atoms with E-state index in [1.807, 2.05) is 0 Å². The molecule has 11 unspecified atom stereocenters. The minimum Gasteiger partial charge on any atom is -0.548 e. The Morgan fingerprint density at radius 3 is 2.28 bits per heavy atom. The highest BCUT2D eigenvalue weighted by molar-refractivity contribution is 8.76. The van der Waals surface area contributed by atoms with Gasteiger partial charge in [-0.2, -0.15) is 4.98 Å². The molecule has 0 aliphatic heterocycles. The number of rotatable bonds is 36. The van der Waals surface area contributed by atoms with E-state index < -0.39 is 53.9 Å². The van der Waals surface area contributed by atoms with Crippen LogP contribution in [0.4, 0.5) is 21.2 Å². The Morgan fingerprint density at radius 2 is 1.51 bits per heavy atom. The molecule has 4 saturated carbocycles. The number of anilines is 2. The minimum absolute atomic E-state index is 0.0142. The van der Waals surface area contributed by atoms with E-state index in [1.165, 1.54) is 76.1 Å². The number of ether oxygens (including phenoxy) is 2. The molecule has 11 atom stereocenters. The van der Waals surface area contributed by atoms with Gasteiger partial charge < -0.3 is 72.6 Å². The van der Waals surface area contributed by atoms with Crippen LogP contribution in [0, 0.1) is 52.3 Å². The predicted octanol–water partition coefficient (Wildman–Crippen LogP) is 5.99. The summed E-state index contributed by atoms with van der Waals surface area (Å²) in [4.78, 5) is 106. The van der Waals surface area contributed by atoms with Crippen molar-refractivity contribution in [1.29, 1.82) is 0 Å². The van der Waals surface area contributed by atoms with E-state index in [9.17, 15) is 43.8 Å². The summed E-state index contributed by atoms with van der Waals surface area (Å²) in [6.07, 6.45) is 17.2. The first-order valence-electron chi connectivity index (χ1n) is 32.6. The maximum atomic E-state index is 12.9. The van der Waals surface area contributed by atoms with Gasteiger partial charge in [0.1, 0.15) is 12.7 Å². The lowest BCUT2D eigenvalue weighted by Crippen LogP contribution is -2.54. The van der Waals surface area contributed by atoms with Crippen molar-refractivity contribution < 1.29 is 48.5 Å². The number of benzene rings is 1. The Bertz CT molecular complexity index is 2960. The van der Waals surface area contributed by atoms with Crippen molar-refractivity contribution in [2.45, 2.75) is 181 Å². The number of H-pyrrole nitrogens is 1. The fraction of sp³-hybridized carbons (Fsp3) is 0.703. The highest BCUT2D eigenvalue weighted by atomic mass is 33.1. The third-order valence-corrected chi connectivity index (χ3v) is 22.1. The Hall–Kier alpha value is -6.41. The standard InChI is InChI=1S/C64H99N13O11S2/c1-39(2)10-8-11-40(3)47-20-21-48-46-19-16-42-36-45(24-26-63(42,4)49(46)25-27-64(47,48)5)88-62(86)70-30-29-68-52(65)13-9-34-89-90-35-32-67-31-33-87-61(85)69-28-7-6-12-50(58(81)82)74-53(78)23-22-51(59(83)84)75-56(79)41-14-17-43(18-15-41)71-37-44-38-72-55-54(73-44)57(80)77-60(66)76-55/h14-15,17-18,38-40,42,45-51,67,71H,6-13,16,19-37H2,1-5H3,(H2,65,68)(H,69,85)(H,70,86)(H,74,78)(H,75,79)(H,81,82)(H,83,84)(H3,66,72,76,77,80)/p-2. The number of nitrogens with two attached hydrogens (primary N) is 2. The molecule has 0 saturated heterocycles. The van der Waals surface area contributed by atoms with Crippen LogP contribution in [-0.4, -0.2) is 131 Å². The number of aromatic nitrogens is 4. The van der Waals surface area contributed by atoms with Crippen molar-refractivity contribution in [2.24, 2.45) is 63.0 Å². The molecule has 2 aromatic heterocycles. The van der Waals surface area contributed by atoms with E-state index in [1.54, 1.807) is 33.7 Å². The number of fused-ring (bicyclic) bond motifs is 6. The zero-order valence-corrected chi connectivity index (χ0v) is 54.8. The highest BCUT2D eigenvalue weighted by Gasteiger charge is 2.60. The maximum absolute atomic E-state index is 12.9. The van der Waals surface area contributed by atoms with Crippen LogP contribution in [0.1, 0.15) is 173 Å². The number of carboxylic acid groups (broad SMARTS) is 2. The Labute approximate surface area is 536 Å². The van der Waals surface area contributed by atoms with E-state index >= 15 is 0 Å². The number of aliphatic imine (C=N–C) groups is 1. The van der Waals surface area contributed by atoms with Gasteiger partial charge in [0.15, 0.2) is 11.2 Å². The summed E-state index contributed by atoms with van der Waals surface area (Å²) in [5.41, 5.74) is 13.3. The molecule has 26 heteroatoms. The second-order valence-corrected chi connectivity index (χ2v) is 28.8. The van der Waals surface area contributed by atoms with Gasteiger partial charge in [0, 0.05) is 61.8 Å². The smallest absolute Gasteiger partial charge is 0.407 e. The summed E-state index contributed by atoms with van der Waals surface area (Å²) < 4.78 is 11.2. The summed E-state index contributed by atoms with van der Waals surface area (Å²) in [7, 11) is 3.48. The number of alkyl carbamates (subject to hydrolysis) is 2. The Morgan fingerprint density at radius 1 is 0.778 bits per heavy atom. The van der Waals surface area contributed by atoms with Crippen LogP contribution in [0.2, 0.25) is 0 Å². The second kappa shape index (κ2) is 34.9. The first-order chi connectivity index (χ1) is 43.1. The summed E-state index contributed by atoms with van der Waals surface area (Å²) in [5.74, 6) is 3.21. The van der Waals surface area contributed by atoms with Crippen LogP contribution >= 0.6 is 21.6 Å². The van der Waals surface area contributed by atoms with Crippen LogP contribution in [0.3, 0.4) is 0 Å². The lowest BCUT2D eigenvalue weighted by atomic mass is 9.44. The van der Waals surface area contributed by atoms with Crippen LogP contribution in [0.25, 0.3) is 11.2 Å². The van der Waals surface area contributed by atoms with Gasteiger partial charge in [-0.1, -0.05) is 75.5 Å². The molecule has 2 heterocycles. The van der Waals surface area contributed by atoms with Crippen molar-refractivity contribution in [1.82, 2.24) is 46.5 Å². The number of carbonyl (C=O) groups is 6. The van der Waals surface area contributed by atoms with E-state index in [0.29, 0.717) is 72.9 Å². The van der Waals surface area contributed by atoms with Gasteiger partial charge in [-0.3, -0.25) is 24.4 Å². The van der Waals surface area contributed by atoms with Crippen molar-refractivity contribution in [2.75, 3.05) is 61.9 Å². The Balaban J connectivity index is 0.647. The zero-order chi connectivity index (χ0) is 64.8. The molecule has 1 aromatic carbocycles. The van der Waals surface area contributed by atoms with Gasteiger partial charge in [0.25, 0.3) is 11.5 Å². The second-order valence-electron chi connectivity index (χ2n) is 26.1. The van der Waals surface area contributed by atoms with E-state index in [0.717, 1.165) is 79.2 Å².